The third-order valence-electron chi connectivity index (χ3n) is 3.70. The highest BCUT2D eigenvalue weighted by Crippen LogP contribution is 2.26. The minimum absolute atomic E-state index is 0.0582. The molecule has 2 atom stereocenters. The molecule has 2 rings (SSSR count). The van der Waals surface area contributed by atoms with E-state index in [-0.39, 0.29) is 36.6 Å². The molecule has 2 saturated heterocycles. The van der Waals surface area contributed by atoms with Gasteiger partial charge in [0.05, 0.1) is 0 Å². The number of nitrogens with one attached hydrogen (secondary N) is 2. The molecule has 7 nitrogen and oxygen atoms in total. The van der Waals surface area contributed by atoms with E-state index in [1.807, 2.05) is 13.8 Å². The van der Waals surface area contributed by atoms with Crippen molar-refractivity contribution in [3.63, 3.8) is 0 Å². The predicted octanol–water partition coefficient (Wildman–Crippen LogP) is 0.675. The summed E-state index contributed by atoms with van der Waals surface area (Å²) in [5, 5.41) is 5.63. The third kappa shape index (κ3) is 3.17. The highest BCUT2D eigenvalue weighted by atomic mass is 16.2. The van der Waals surface area contributed by atoms with Gasteiger partial charge in [-0.2, -0.15) is 0 Å². The highest BCUT2D eigenvalue weighted by molar-refractivity contribution is 6.04. The molecule has 5 amide bonds. The summed E-state index contributed by atoms with van der Waals surface area (Å²) in [5.74, 6) is -0.198. The van der Waals surface area contributed by atoms with Crippen LogP contribution in [0.1, 0.15) is 26.7 Å². The van der Waals surface area contributed by atoms with Crippen molar-refractivity contribution in [2.75, 3.05) is 13.1 Å². The van der Waals surface area contributed by atoms with E-state index >= 15 is 0 Å². The van der Waals surface area contributed by atoms with E-state index in [0.29, 0.717) is 19.4 Å². The van der Waals surface area contributed by atoms with Crippen LogP contribution in [0.3, 0.4) is 0 Å². The Bertz CT molecular complexity index is 463. The predicted molar refractivity (Wildman–Crippen MR) is 77.6 cm³/mol. The number of piperidine rings is 1. The van der Waals surface area contributed by atoms with Crippen molar-refractivity contribution in [1.29, 1.82) is 0 Å². The first kappa shape index (κ1) is 15.3. The fourth-order valence-corrected chi connectivity index (χ4v) is 2.78. The van der Waals surface area contributed by atoms with Crippen LogP contribution in [-0.2, 0) is 4.79 Å². The number of amides is 5. The van der Waals surface area contributed by atoms with Crippen molar-refractivity contribution < 1.29 is 14.4 Å². The molecule has 0 aromatic rings. The minimum Gasteiger partial charge on any atom is -0.336 e. The molecule has 0 aromatic heterocycles. The number of nitrogens with zero attached hydrogens (tertiary/aromatic N) is 2. The lowest BCUT2D eigenvalue weighted by Gasteiger charge is -2.32. The van der Waals surface area contributed by atoms with E-state index < -0.39 is 6.04 Å². The molecule has 116 valence electrons. The molecule has 2 fully saturated rings. The Morgan fingerprint density at radius 2 is 2.19 bits per heavy atom. The summed E-state index contributed by atoms with van der Waals surface area (Å²) in [6, 6.07) is -0.984. The summed E-state index contributed by atoms with van der Waals surface area (Å²) in [6.45, 7) is 8.04. The van der Waals surface area contributed by atoms with Gasteiger partial charge in [0.25, 0.3) is 5.91 Å². The smallest absolute Gasteiger partial charge is 0.327 e. The Morgan fingerprint density at radius 1 is 1.48 bits per heavy atom. The molecule has 2 aliphatic heterocycles. The number of hydrogen-bond acceptors (Lipinski definition) is 3. The minimum atomic E-state index is -0.462. The maximum absolute atomic E-state index is 12.2. The molecule has 2 aliphatic rings. The molecule has 2 heterocycles. The molecular formula is C14H22N4O3. The van der Waals surface area contributed by atoms with E-state index in [1.165, 1.54) is 4.90 Å². The second-order valence-corrected chi connectivity index (χ2v) is 5.72. The lowest BCUT2D eigenvalue weighted by molar-refractivity contribution is -0.128. The quantitative estimate of drug-likeness (QED) is 0.591. The number of fused-ring (bicyclic) bond motifs is 1. The SMILES string of the molecule is C=CCN1C(=O)[C@@H]2C[C@@H](NC(=O)NC(C)C)CCN2C1=O. The number of carbonyl (C=O) groups excluding carboxylic acids is 3. The molecule has 2 N–H and O–H groups in total. The highest BCUT2D eigenvalue weighted by Gasteiger charge is 2.47. The van der Waals surface area contributed by atoms with Gasteiger partial charge in [-0.15, -0.1) is 6.58 Å². The van der Waals surface area contributed by atoms with Gasteiger partial charge in [-0.1, -0.05) is 6.08 Å². The van der Waals surface area contributed by atoms with E-state index in [1.54, 1.807) is 11.0 Å². The number of carbonyl (C=O) groups is 3. The molecular weight excluding hydrogens is 272 g/mol. The summed E-state index contributed by atoms with van der Waals surface area (Å²) in [7, 11) is 0. The van der Waals surface area contributed by atoms with Crippen LogP contribution in [0, 0.1) is 0 Å². The van der Waals surface area contributed by atoms with Crippen LogP contribution < -0.4 is 10.6 Å². The molecule has 7 heteroatoms. The normalized spacial score (nSPS) is 25.1. The Kier molecular flexibility index (Phi) is 4.50. The zero-order chi connectivity index (χ0) is 15.6. The number of rotatable bonds is 4. The molecule has 0 aromatic carbocycles. The third-order valence-corrected chi connectivity index (χ3v) is 3.70. The van der Waals surface area contributed by atoms with Crippen LogP contribution in [0.15, 0.2) is 12.7 Å². The van der Waals surface area contributed by atoms with Gasteiger partial charge in [0.2, 0.25) is 0 Å². The van der Waals surface area contributed by atoms with Gasteiger partial charge < -0.3 is 15.5 Å². The molecule has 0 unspecified atom stereocenters. The van der Waals surface area contributed by atoms with Crippen molar-refractivity contribution in [2.45, 2.75) is 44.8 Å². The number of urea groups is 2. The molecule has 21 heavy (non-hydrogen) atoms. The van der Waals surface area contributed by atoms with E-state index in [2.05, 4.69) is 17.2 Å². The first-order valence-corrected chi connectivity index (χ1v) is 7.24. The van der Waals surface area contributed by atoms with Crippen LogP contribution in [-0.4, -0.2) is 59.0 Å². The fourth-order valence-electron chi connectivity index (χ4n) is 2.78. The van der Waals surface area contributed by atoms with Gasteiger partial charge in [0, 0.05) is 25.2 Å². The molecule has 0 aliphatic carbocycles. The van der Waals surface area contributed by atoms with Gasteiger partial charge in [-0.05, 0) is 26.7 Å². The van der Waals surface area contributed by atoms with Gasteiger partial charge in [0.15, 0.2) is 0 Å². The number of imide groups is 1. The van der Waals surface area contributed by atoms with E-state index in [0.717, 1.165) is 0 Å². The lowest BCUT2D eigenvalue weighted by atomic mass is 9.98. The Morgan fingerprint density at radius 3 is 2.81 bits per heavy atom. The standard InChI is InChI=1S/C14H22N4O3/c1-4-6-18-12(19)11-8-10(5-7-17(11)14(18)21)16-13(20)15-9(2)3/h4,9-11H,1,5-8H2,2-3H3,(H2,15,16,20)/t10-,11-/m0/s1. The molecule has 0 saturated carbocycles. The molecule has 0 spiro atoms. The fraction of sp³-hybridized carbons (Fsp3) is 0.643. The van der Waals surface area contributed by atoms with Crippen LogP contribution in [0.25, 0.3) is 0 Å². The van der Waals surface area contributed by atoms with Gasteiger partial charge in [-0.25, -0.2) is 9.59 Å². The summed E-state index contributed by atoms with van der Waals surface area (Å²) in [4.78, 5) is 38.9. The average Bonchev–Trinajstić information content (AvgIpc) is 2.63. The average molecular weight is 294 g/mol. The zero-order valence-corrected chi connectivity index (χ0v) is 12.5. The summed E-state index contributed by atoms with van der Waals surface area (Å²) < 4.78 is 0. The van der Waals surface area contributed by atoms with E-state index in [4.69, 9.17) is 0 Å². The monoisotopic (exact) mass is 294 g/mol. The van der Waals surface area contributed by atoms with Crippen molar-refractivity contribution in [1.82, 2.24) is 20.4 Å². The second kappa shape index (κ2) is 6.15. The summed E-state index contributed by atoms with van der Waals surface area (Å²) in [6.07, 6.45) is 2.66. The van der Waals surface area contributed by atoms with Gasteiger partial charge in [0.1, 0.15) is 6.04 Å². The molecule has 0 bridgehead atoms. The van der Waals surface area contributed by atoms with Crippen molar-refractivity contribution in [2.24, 2.45) is 0 Å². The van der Waals surface area contributed by atoms with Crippen LogP contribution in [0.2, 0.25) is 0 Å². The molecule has 0 radical (unpaired) electrons. The first-order valence-electron chi connectivity index (χ1n) is 7.24. The van der Waals surface area contributed by atoms with Crippen LogP contribution in [0.4, 0.5) is 9.59 Å². The van der Waals surface area contributed by atoms with Gasteiger partial charge >= 0.3 is 12.1 Å². The Labute approximate surface area is 124 Å². The largest absolute Gasteiger partial charge is 0.336 e. The Hall–Kier alpha value is -2.05. The second-order valence-electron chi connectivity index (χ2n) is 5.72. The van der Waals surface area contributed by atoms with Crippen molar-refractivity contribution >= 4 is 18.0 Å². The van der Waals surface area contributed by atoms with Crippen molar-refractivity contribution in [3.05, 3.63) is 12.7 Å². The summed E-state index contributed by atoms with van der Waals surface area (Å²) in [5.41, 5.74) is 0. The zero-order valence-electron chi connectivity index (χ0n) is 12.5. The van der Waals surface area contributed by atoms with E-state index in [9.17, 15) is 14.4 Å². The first-order chi connectivity index (χ1) is 9.93. The summed E-state index contributed by atoms with van der Waals surface area (Å²) >= 11 is 0. The van der Waals surface area contributed by atoms with Crippen LogP contribution >= 0.6 is 0 Å². The van der Waals surface area contributed by atoms with Crippen LogP contribution in [0.5, 0.6) is 0 Å². The topological polar surface area (TPSA) is 81.8 Å². The van der Waals surface area contributed by atoms with Gasteiger partial charge in [-0.3, -0.25) is 9.69 Å². The lowest BCUT2D eigenvalue weighted by Crippen LogP contribution is -2.52. The maximum atomic E-state index is 12.2. The maximum Gasteiger partial charge on any atom is 0.327 e. The Balaban J connectivity index is 1.97. The van der Waals surface area contributed by atoms with Crippen molar-refractivity contribution in [3.8, 4) is 0 Å². The number of hydrogen-bond donors (Lipinski definition) is 2.